The molecular weight excluding hydrogens is 1290 g/mol. The third-order valence-corrected chi connectivity index (χ3v) is 15.4. The second-order valence-electron chi connectivity index (χ2n) is 23.1. The number of thiol groups is 1. The highest BCUT2D eigenvalue weighted by Gasteiger charge is 2.41. The Kier molecular flexibility index (Phi) is 36.6. The first-order chi connectivity index (χ1) is 46.1. The van der Waals surface area contributed by atoms with Crippen LogP contribution in [0.2, 0.25) is 0 Å². The number of aliphatic carboxylic acids is 1. The van der Waals surface area contributed by atoms with E-state index in [0.29, 0.717) is 43.5 Å². The van der Waals surface area contributed by atoms with E-state index in [4.69, 9.17) is 34.4 Å². The van der Waals surface area contributed by atoms with Gasteiger partial charge in [0.15, 0.2) is 5.96 Å². The fourth-order valence-electron chi connectivity index (χ4n) is 9.62. The van der Waals surface area contributed by atoms with Crippen LogP contribution >= 0.6 is 12.6 Å². The van der Waals surface area contributed by atoms with Crippen LogP contribution in [0.25, 0.3) is 0 Å². The van der Waals surface area contributed by atoms with E-state index >= 15 is 0 Å². The number of aliphatic imine (C=N–C) groups is 1. The number of carboxylic acid groups (broad SMARTS) is 1. The number of unbranched alkanes of at least 4 members (excludes halogenated alkanes) is 2. The fraction of sp³-hybridized carbons (Fsp3) is 0.632. The predicted octanol–water partition coefficient (Wildman–Crippen LogP) is -9.30. The highest BCUT2D eigenvalue weighted by atomic mass is 32.1. The molecule has 0 unspecified atom stereocenters. The minimum Gasteiger partial charge on any atom is -0.480 e. The number of nitrogens with two attached hydrogens (primary N) is 6. The standard InChI is InChI=1S/C57H95N23O16S/c1-30(2)46(61)54(93)79-38(20-32-22-65-29-71-32)55(94)80-18-8-12-41(80)53(92)77-35(10-4-6-16-59)49(88)76-36(13-14-42(60)82)50(89)78-37(19-31-21-64-28-70-31)51(90)74-34(11-7-17-66-57(62)63)48(87)68-23-43(83)67-24-44(84)72-39(26-81)52(91)75-33(9-3-5-15-58)47(86)69-25-45(85)73-40(27-97)56(95)96/h21-22,28-30,33-41,46,81,97H,3-20,23-27,58-59,61H2,1-2H3,(H2,60,82)(H,64,70)(H,65,71)(H,67,83)(H,68,87)(H,69,86)(H,72,84)(H,73,85)(H,74,90)(H,75,91)(H,76,88)(H,77,92)(H,78,89)(H,79,93)(H,95,96)(H4,62,63,66)/t33-,34-,35-,36-,37-,38-,39-,40-,41-,46-/m0/s1. The van der Waals surface area contributed by atoms with Crippen LogP contribution in [0.15, 0.2) is 30.0 Å². The quantitative estimate of drug-likeness (QED) is 0.0127. The topological polar surface area (TPSA) is 641 Å². The van der Waals surface area contributed by atoms with Crippen molar-refractivity contribution in [3.63, 3.8) is 0 Å². The number of likely N-dealkylation sites (tertiary alicyclic amines) is 1. The van der Waals surface area contributed by atoms with Gasteiger partial charge in [0.05, 0.1) is 44.9 Å². The molecule has 3 rings (SSSR count). The van der Waals surface area contributed by atoms with E-state index in [1.807, 2.05) is 0 Å². The normalized spacial score (nSPS) is 15.4. The number of imidazole rings is 2. The number of amides is 13. The molecule has 1 saturated heterocycles. The molecule has 27 N–H and O–H groups in total. The number of nitrogens with zero attached hydrogens (tertiary/aromatic N) is 4. The fourth-order valence-corrected chi connectivity index (χ4v) is 9.86. The first-order valence-electron chi connectivity index (χ1n) is 31.5. The number of aromatic nitrogens is 4. The van der Waals surface area contributed by atoms with Crippen LogP contribution in [0, 0.1) is 5.92 Å². The molecule has 10 atom stereocenters. The number of aromatic amines is 2. The largest absolute Gasteiger partial charge is 0.480 e. The Morgan fingerprint density at radius 1 is 0.588 bits per heavy atom. The van der Waals surface area contributed by atoms with Crippen molar-refractivity contribution < 1.29 is 77.3 Å². The molecule has 3 heterocycles. The molecule has 0 bridgehead atoms. The van der Waals surface area contributed by atoms with Crippen LogP contribution in [0.1, 0.15) is 102 Å². The summed E-state index contributed by atoms with van der Waals surface area (Å²) < 4.78 is 0. The summed E-state index contributed by atoms with van der Waals surface area (Å²) in [5, 5.41) is 46.0. The number of rotatable bonds is 46. The Morgan fingerprint density at radius 2 is 1.05 bits per heavy atom. The maximum atomic E-state index is 14.4. The van der Waals surface area contributed by atoms with E-state index in [2.05, 4.69) is 96.0 Å². The monoisotopic (exact) mass is 1390 g/mol. The summed E-state index contributed by atoms with van der Waals surface area (Å²) in [6, 6.07) is -13.6. The van der Waals surface area contributed by atoms with Crippen LogP contribution in [0.5, 0.6) is 0 Å². The van der Waals surface area contributed by atoms with Gasteiger partial charge in [-0.3, -0.25) is 67.3 Å². The molecule has 1 aliphatic rings. The summed E-state index contributed by atoms with van der Waals surface area (Å²) in [4.78, 5) is 206. The van der Waals surface area contributed by atoms with Crippen molar-refractivity contribution >= 4 is 101 Å². The highest BCUT2D eigenvalue weighted by Crippen LogP contribution is 2.21. The molecule has 540 valence electrons. The summed E-state index contributed by atoms with van der Waals surface area (Å²) in [6.07, 6.45) is 6.15. The van der Waals surface area contributed by atoms with Crippen LogP contribution in [0.3, 0.4) is 0 Å². The van der Waals surface area contributed by atoms with Gasteiger partial charge in [-0.1, -0.05) is 13.8 Å². The molecule has 13 amide bonds. The molecule has 0 radical (unpaired) electrons. The minimum atomic E-state index is -1.68. The Balaban J connectivity index is 1.79. The van der Waals surface area contributed by atoms with Gasteiger partial charge in [-0.05, 0) is 89.6 Å². The van der Waals surface area contributed by atoms with E-state index in [1.165, 1.54) is 29.9 Å². The molecule has 39 nitrogen and oxygen atoms in total. The van der Waals surface area contributed by atoms with Gasteiger partial charge in [0.1, 0.15) is 54.4 Å². The van der Waals surface area contributed by atoms with Gasteiger partial charge in [-0.25, -0.2) is 14.8 Å². The van der Waals surface area contributed by atoms with Crippen molar-refractivity contribution in [1.29, 1.82) is 0 Å². The average Bonchev–Trinajstić information content (AvgIpc) is 1.78. The van der Waals surface area contributed by atoms with E-state index in [0.717, 1.165) is 0 Å². The molecule has 0 aliphatic carbocycles. The number of carbonyl (C=O) groups is 14. The number of nitrogens with one attached hydrogen (secondary N) is 13. The Morgan fingerprint density at radius 3 is 1.54 bits per heavy atom. The second-order valence-corrected chi connectivity index (χ2v) is 23.4. The maximum absolute atomic E-state index is 14.4. The van der Waals surface area contributed by atoms with Crippen LogP contribution in [0.4, 0.5) is 0 Å². The smallest absolute Gasteiger partial charge is 0.327 e. The zero-order chi connectivity index (χ0) is 72.1. The number of aliphatic hydroxyl groups is 1. The lowest BCUT2D eigenvalue weighted by molar-refractivity contribution is -0.142. The van der Waals surface area contributed by atoms with E-state index in [9.17, 15) is 77.3 Å². The summed E-state index contributed by atoms with van der Waals surface area (Å²) >= 11 is 3.87. The van der Waals surface area contributed by atoms with Crippen LogP contribution < -0.4 is 92.9 Å². The number of carbonyl (C=O) groups excluding carboxylic acids is 13. The van der Waals surface area contributed by atoms with Gasteiger partial charge < -0.3 is 118 Å². The first-order valence-corrected chi connectivity index (χ1v) is 32.2. The molecule has 2 aromatic rings. The second kappa shape index (κ2) is 43.5. The third kappa shape index (κ3) is 30.0. The Hall–Kier alpha value is -9.54. The van der Waals surface area contributed by atoms with E-state index in [-0.39, 0.29) is 88.8 Å². The van der Waals surface area contributed by atoms with Crippen molar-refractivity contribution in [3.8, 4) is 0 Å². The predicted molar refractivity (Wildman–Crippen MR) is 349 cm³/mol. The van der Waals surface area contributed by atoms with E-state index < -0.39 is 182 Å². The van der Waals surface area contributed by atoms with Gasteiger partial charge in [-0.15, -0.1) is 0 Å². The lowest BCUT2D eigenvalue weighted by Crippen LogP contribution is -2.60. The third-order valence-electron chi connectivity index (χ3n) is 15.1. The number of primary amides is 1. The molecular formula is C57H95N23O16S. The summed E-state index contributed by atoms with van der Waals surface area (Å²) in [5.74, 6) is -13.6. The lowest BCUT2D eigenvalue weighted by Gasteiger charge is -2.31. The Bertz CT molecular complexity index is 2970. The molecule has 1 aliphatic heterocycles. The van der Waals surface area contributed by atoms with E-state index in [1.54, 1.807) is 13.8 Å². The molecule has 0 saturated carbocycles. The molecule has 97 heavy (non-hydrogen) atoms. The van der Waals surface area contributed by atoms with Crippen molar-refractivity contribution in [2.45, 2.75) is 164 Å². The van der Waals surface area contributed by atoms with Gasteiger partial charge >= 0.3 is 5.97 Å². The summed E-state index contributed by atoms with van der Waals surface area (Å²) in [6.45, 7) is 0.724. The molecule has 2 aromatic heterocycles. The van der Waals surface area contributed by atoms with Crippen molar-refractivity contribution in [1.82, 2.24) is 83.3 Å². The zero-order valence-electron chi connectivity index (χ0n) is 54.2. The van der Waals surface area contributed by atoms with Crippen molar-refractivity contribution in [3.05, 3.63) is 36.4 Å². The number of H-pyrrole nitrogens is 2. The Labute approximate surface area is 564 Å². The number of hydrogen-bond donors (Lipinski definition) is 22. The molecule has 40 heteroatoms. The van der Waals surface area contributed by atoms with Crippen molar-refractivity contribution in [2.75, 3.05) is 58.2 Å². The summed E-state index contributed by atoms with van der Waals surface area (Å²) in [7, 11) is 0. The number of carboxylic acids is 1. The lowest BCUT2D eigenvalue weighted by atomic mass is 10.0. The average molecular weight is 1390 g/mol. The molecule has 1 fully saturated rings. The molecule has 0 spiro atoms. The van der Waals surface area contributed by atoms with Crippen LogP contribution in [-0.4, -0.2) is 242 Å². The first kappa shape index (κ1) is 81.7. The van der Waals surface area contributed by atoms with Gasteiger partial charge in [-0.2, -0.15) is 12.6 Å². The summed E-state index contributed by atoms with van der Waals surface area (Å²) in [5.41, 5.74) is 34.8. The minimum absolute atomic E-state index is 0.00245. The maximum Gasteiger partial charge on any atom is 0.327 e. The zero-order valence-corrected chi connectivity index (χ0v) is 55.1. The number of guanidine groups is 1. The van der Waals surface area contributed by atoms with Crippen molar-refractivity contribution in [2.24, 2.45) is 45.3 Å². The molecule has 0 aromatic carbocycles. The van der Waals surface area contributed by atoms with Gasteiger partial charge in [0.25, 0.3) is 0 Å². The number of aliphatic hydroxyl groups excluding tert-OH is 1. The number of hydrogen-bond acceptors (Lipinski definition) is 22. The van der Waals surface area contributed by atoms with Gasteiger partial charge in [0.2, 0.25) is 76.8 Å². The SMILES string of the molecule is CC(C)[C@H](N)C(=O)N[C@@H](Cc1cnc[nH]1)C(=O)N1CCC[C@H]1C(=O)N[C@@H](CCCCN)C(=O)N[C@@H](CCC(N)=O)C(=O)N[C@@H](Cc1cnc[nH]1)C(=O)N[C@@H](CCCN=C(N)N)C(=O)NCC(=O)NCC(=O)N[C@@H](CO)C(=O)N[C@@H](CCCCN)C(=O)NCC(=O)N[C@@H](CS)C(=O)O. The van der Waals surface area contributed by atoms with Gasteiger partial charge in [0, 0.05) is 61.9 Å². The van der Waals surface area contributed by atoms with Crippen LogP contribution in [-0.2, 0) is 80.0 Å². The highest BCUT2D eigenvalue weighted by molar-refractivity contribution is 7.80.